The van der Waals surface area contributed by atoms with Gasteiger partial charge in [-0.2, -0.15) is 0 Å². The summed E-state index contributed by atoms with van der Waals surface area (Å²) >= 11 is 0. The Kier molecular flexibility index (Phi) is 3.77. The first-order valence-electron chi connectivity index (χ1n) is 5.82. The van der Waals surface area contributed by atoms with Crippen molar-refractivity contribution in [2.24, 2.45) is 5.41 Å². The second kappa shape index (κ2) is 4.52. The number of aliphatic carboxylic acids is 1. The van der Waals surface area contributed by atoms with E-state index in [9.17, 15) is 9.90 Å². The topological polar surface area (TPSA) is 40.5 Å². The third-order valence-corrected chi connectivity index (χ3v) is 3.86. The fourth-order valence-corrected chi connectivity index (χ4v) is 2.42. The highest BCUT2D eigenvalue weighted by Crippen LogP contribution is 2.38. The summed E-state index contributed by atoms with van der Waals surface area (Å²) in [5.41, 5.74) is -0.508. The van der Waals surface area contributed by atoms with E-state index in [-0.39, 0.29) is 0 Å². The molecule has 0 radical (unpaired) electrons. The van der Waals surface area contributed by atoms with E-state index in [1.807, 2.05) is 6.92 Å². The van der Waals surface area contributed by atoms with Gasteiger partial charge in [0.15, 0.2) is 0 Å². The monoisotopic (exact) mass is 213 g/mol. The zero-order valence-corrected chi connectivity index (χ0v) is 10.3. The first-order chi connectivity index (χ1) is 6.87. The van der Waals surface area contributed by atoms with Gasteiger partial charge in [-0.3, -0.25) is 4.79 Å². The number of hydrogen-bond donors (Lipinski definition) is 1. The van der Waals surface area contributed by atoms with Crippen molar-refractivity contribution >= 4 is 5.97 Å². The number of hydrogen-bond acceptors (Lipinski definition) is 2. The lowest BCUT2D eigenvalue weighted by atomic mass is 9.73. The summed E-state index contributed by atoms with van der Waals surface area (Å²) in [5, 5.41) is 9.22. The summed E-state index contributed by atoms with van der Waals surface area (Å²) in [5.74, 6) is -0.635. The summed E-state index contributed by atoms with van der Waals surface area (Å²) in [6.45, 7) is 6.20. The van der Waals surface area contributed by atoms with E-state index >= 15 is 0 Å². The van der Waals surface area contributed by atoms with Crippen LogP contribution >= 0.6 is 0 Å². The molecule has 1 saturated carbocycles. The Morgan fingerprint density at radius 3 is 2.60 bits per heavy atom. The Hall–Kier alpha value is -0.570. The van der Waals surface area contributed by atoms with Crippen LogP contribution in [0.15, 0.2) is 0 Å². The van der Waals surface area contributed by atoms with Gasteiger partial charge in [0, 0.05) is 12.1 Å². The molecule has 0 aliphatic heterocycles. The Balaban J connectivity index is 2.67. The molecule has 2 atom stereocenters. The van der Waals surface area contributed by atoms with Crippen molar-refractivity contribution < 1.29 is 9.90 Å². The highest BCUT2D eigenvalue weighted by molar-refractivity contribution is 5.74. The fraction of sp³-hybridized carbons (Fsp3) is 0.917. The quantitative estimate of drug-likeness (QED) is 0.782. The molecule has 3 heteroatoms. The number of carbonyl (C=O) groups is 1. The number of carboxylic acid groups (broad SMARTS) is 1. The molecule has 0 aromatic heterocycles. The van der Waals surface area contributed by atoms with Crippen LogP contribution in [0, 0.1) is 5.41 Å². The van der Waals surface area contributed by atoms with E-state index in [0.717, 1.165) is 25.7 Å². The summed E-state index contributed by atoms with van der Waals surface area (Å²) in [4.78, 5) is 13.5. The van der Waals surface area contributed by atoms with E-state index < -0.39 is 11.4 Å². The van der Waals surface area contributed by atoms with Crippen LogP contribution in [0.5, 0.6) is 0 Å². The SMILES string of the molecule is CC(C)N(C)[C@@H]1CCC[C@@](C)(C(=O)O)C1. The summed E-state index contributed by atoms with van der Waals surface area (Å²) < 4.78 is 0. The van der Waals surface area contributed by atoms with Gasteiger partial charge in [0.25, 0.3) is 0 Å². The van der Waals surface area contributed by atoms with Gasteiger partial charge in [0.1, 0.15) is 0 Å². The van der Waals surface area contributed by atoms with Crippen molar-refractivity contribution in [2.75, 3.05) is 7.05 Å². The molecule has 1 rings (SSSR count). The summed E-state index contributed by atoms with van der Waals surface area (Å²) in [7, 11) is 2.10. The molecule has 1 N–H and O–H groups in total. The summed E-state index contributed by atoms with van der Waals surface area (Å²) in [6, 6.07) is 0.922. The van der Waals surface area contributed by atoms with E-state index in [1.165, 1.54) is 0 Å². The highest BCUT2D eigenvalue weighted by Gasteiger charge is 2.39. The summed E-state index contributed by atoms with van der Waals surface area (Å²) in [6.07, 6.45) is 3.78. The van der Waals surface area contributed by atoms with E-state index in [1.54, 1.807) is 0 Å². The average Bonchev–Trinajstić information content (AvgIpc) is 2.16. The van der Waals surface area contributed by atoms with Crippen LogP contribution < -0.4 is 0 Å². The van der Waals surface area contributed by atoms with Crippen molar-refractivity contribution in [1.82, 2.24) is 4.90 Å². The van der Waals surface area contributed by atoms with Crippen molar-refractivity contribution in [1.29, 1.82) is 0 Å². The van der Waals surface area contributed by atoms with Crippen molar-refractivity contribution in [3.63, 3.8) is 0 Å². The van der Waals surface area contributed by atoms with Crippen LogP contribution in [0.3, 0.4) is 0 Å². The first kappa shape index (κ1) is 12.5. The largest absolute Gasteiger partial charge is 0.481 e. The number of nitrogens with zero attached hydrogens (tertiary/aromatic N) is 1. The van der Waals surface area contributed by atoms with Crippen molar-refractivity contribution in [3.8, 4) is 0 Å². The fourth-order valence-electron chi connectivity index (χ4n) is 2.42. The Morgan fingerprint density at radius 2 is 2.13 bits per heavy atom. The third kappa shape index (κ3) is 2.71. The second-order valence-electron chi connectivity index (χ2n) is 5.38. The van der Waals surface area contributed by atoms with E-state index in [2.05, 4.69) is 25.8 Å². The maximum atomic E-state index is 11.2. The molecule has 0 bridgehead atoms. The van der Waals surface area contributed by atoms with Gasteiger partial charge >= 0.3 is 5.97 Å². The lowest BCUT2D eigenvalue weighted by Crippen LogP contribution is -2.45. The molecule has 0 heterocycles. The highest BCUT2D eigenvalue weighted by atomic mass is 16.4. The van der Waals surface area contributed by atoms with Crippen LogP contribution in [0.25, 0.3) is 0 Å². The van der Waals surface area contributed by atoms with Gasteiger partial charge in [-0.1, -0.05) is 6.42 Å². The van der Waals surface area contributed by atoms with Gasteiger partial charge in [-0.05, 0) is 47.1 Å². The molecule has 1 aliphatic rings. The average molecular weight is 213 g/mol. The lowest BCUT2D eigenvalue weighted by molar-refractivity contribution is -0.151. The molecule has 88 valence electrons. The molecule has 0 aromatic rings. The van der Waals surface area contributed by atoms with Crippen LogP contribution in [-0.2, 0) is 4.79 Å². The molecule has 1 fully saturated rings. The van der Waals surface area contributed by atoms with E-state index in [0.29, 0.717) is 12.1 Å². The molecule has 1 aliphatic carbocycles. The Morgan fingerprint density at radius 1 is 1.53 bits per heavy atom. The van der Waals surface area contributed by atoms with Gasteiger partial charge in [0.05, 0.1) is 5.41 Å². The molecular formula is C12H23NO2. The predicted octanol–water partition coefficient (Wildman–Crippen LogP) is 2.36. The smallest absolute Gasteiger partial charge is 0.309 e. The Labute approximate surface area is 92.5 Å². The lowest BCUT2D eigenvalue weighted by Gasteiger charge is -2.40. The molecule has 0 spiro atoms. The maximum Gasteiger partial charge on any atom is 0.309 e. The second-order valence-corrected chi connectivity index (χ2v) is 5.38. The molecule has 0 amide bonds. The normalized spacial score (nSPS) is 32.3. The third-order valence-electron chi connectivity index (χ3n) is 3.86. The standard InChI is InChI=1S/C12H23NO2/c1-9(2)13(4)10-6-5-7-12(3,8-10)11(14)15/h9-10H,5-8H2,1-4H3,(H,14,15)/t10-,12-/m1/s1. The van der Waals surface area contributed by atoms with E-state index in [4.69, 9.17) is 0 Å². The molecular weight excluding hydrogens is 190 g/mol. The van der Waals surface area contributed by atoms with Crippen molar-refractivity contribution in [2.45, 2.75) is 58.5 Å². The van der Waals surface area contributed by atoms with Crippen LogP contribution in [0.4, 0.5) is 0 Å². The zero-order chi connectivity index (χ0) is 11.6. The first-order valence-corrected chi connectivity index (χ1v) is 5.82. The Bertz CT molecular complexity index is 240. The molecule has 0 saturated heterocycles. The molecule has 0 aromatic carbocycles. The predicted molar refractivity (Wildman–Crippen MR) is 60.9 cm³/mol. The van der Waals surface area contributed by atoms with Gasteiger partial charge < -0.3 is 10.0 Å². The minimum Gasteiger partial charge on any atom is -0.481 e. The van der Waals surface area contributed by atoms with Gasteiger partial charge in [0.2, 0.25) is 0 Å². The van der Waals surface area contributed by atoms with Crippen LogP contribution in [0.2, 0.25) is 0 Å². The number of carboxylic acids is 1. The number of rotatable bonds is 3. The molecule has 15 heavy (non-hydrogen) atoms. The van der Waals surface area contributed by atoms with Gasteiger partial charge in [-0.25, -0.2) is 0 Å². The maximum absolute atomic E-state index is 11.2. The minimum atomic E-state index is -0.635. The van der Waals surface area contributed by atoms with Crippen LogP contribution in [-0.4, -0.2) is 35.1 Å². The van der Waals surface area contributed by atoms with Crippen LogP contribution in [0.1, 0.15) is 46.5 Å². The zero-order valence-electron chi connectivity index (χ0n) is 10.3. The minimum absolute atomic E-state index is 0.430. The molecule has 0 unspecified atom stereocenters. The van der Waals surface area contributed by atoms with Crippen molar-refractivity contribution in [3.05, 3.63) is 0 Å². The van der Waals surface area contributed by atoms with Gasteiger partial charge in [-0.15, -0.1) is 0 Å². The molecule has 3 nitrogen and oxygen atoms in total.